The SMILES string of the molecule is CCOC[C@@]1(O)CC[C@H]2[C@H](CC[C@H]3C4CC[C@H]([C@@H](C)Nc5ccc(-n6cc(C#N)cn6)cn5)[C@@]4(C)CC[C@H]23)C1. The van der Waals surface area contributed by atoms with Crippen molar-refractivity contribution in [3.63, 3.8) is 0 Å². The van der Waals surface area contributed by atoms with Crippen molar-refractivity contribution < 1.29 is 9.84 Å². The normalized spacial score (nSPS) is 38.2. The van der Waals surface area contributed by atoms with E-state index in [-0.39, 0.29) is 0 Å². The van der Waals surface area contributed by atoms with Crippen LogP contribution in [-0.4, -0.2) is 44.7 Å². The Bertz CT molecular complexity index is 1190. The molecule has 4 saturated carbocycles. The van der Waals surface area contributed by atoms with Gasteiger partial charge in [-0.05, 0) is 125 Å². The molecule has 0 amide bonds. The predicted octanol–water partition coefficient (Wildman–Crippen LogP) is 5.98. The maximum Gasteiger partial charge on any atom is 0.126 e. The van der Waals surface area contributed by atoms with Gasteiger partial charge in [0.15, 0.2) is 0 Å². The van der Waals surface area contributed by atoms with Crippen molar-refractivity contribution in [2.24, 2.45) is 40.9 Å². The summed E-state index contributed by atoms with van der Waals surface area (Å²) in [5, 5.41) is 28.2. The summed E-state index contributed by atoms with van der Waals surface area (Å²) in [6.07, 6.45) is 16.1. The fraction of sp³-hybridized carbons (Fsp3) is 0.719. The van der Waals surface area contributed by atoms with E-state index in [1.165, 1.54) is 44.9 Å². The first-order chi connectivity index (χ1) is 18.8. The molecule has 2 N–H and O–H groups in total. The van der Waals surface area contributed by atoms with E-state index in [0.29, 0.717) is 42.1 Å². The molecule has 39 heavy (non-hydrogen) atoms. The molecule has 2 aromatic heterocycles. The molecule has 0 radical (unpaired) electrons. The zero-order chi connectivity index (χ0) is 27.2. The lowest BCUT2D eigenvalue weighted by Gasteiger charge is -2.57. The summed E-state index contributed by atoms with van der Waals surface area (Å²) in [7, 11) is 0. The monoisotopic (exact) mass is 531 g/mol. The summed E-state index contributed by atoms with van der Waals surface area (Å²) in [6.45, 7) is 8.16. The molecule has 6 rings (SSSR count). The number of ether oxygens (including phenoxy) is 1. The van der Waals surface area contributed by atoms with Crippen molar-refractivity contribution in [3.8, 4) is 11.8 Å². The highest BCUT2D eigenvalue weighted by Crippen LogP contribution is 2.65. The smallest absolute Gasteiger partial charge is 0.126 e. The highest BCUT2D eigenvalue weighted by molar-refractivity contribution is 5.42. The van der Waals surface area contributed by atoms with Crippen LogP contribution in [0.4, 0.5) is 5.82 Å². The van der Waals surface area contributed by atoms with Gasteiger partial charge < -0.3 is 15.2 Å². The Labute approximate surface area is 233 Å². The molecule has 1 unspecified atom stereocenters. The highest BCUT2D eigenvalue weighted by Gasteiger charge is 2.58. The first kappa shape index (κ1) is 26.8. The third-order valence-corrected chi connectivity index (χ3v) is 11.5. The molecule has 0 spiro atoms. The van der Waals surface area contributed by atoms with Crippen molar-refractivity contribution in [3.05, 3.63) is 36.3 Å². The minimum absolute atomic E-state index is 0.365. The molecule has 7 nitrogen and oxygen atoms in total. The average Bonchev–Trinajstić information content (AvgIpc) is 3.56. The number of hydrogen-bond donors (Lipinski definition) is 2. The van der Waals surface area contributed by atoms with Gasteiger partial charge in [-0.3, -0.25) is 0 Å². The first-order valence-electron chi connectivity index (χ1n) is 15.3. The molecule has 0 saturated heterocycles. The van der Waals surface area contributed by atoms with Gasteiger partial charge in [0.25, 0.3) is 0 Å². The second kappa shape index (κ2) is 10.5. The third kappa shape index (κ3) is 4.89. The van der Waals surface area contributed by atoms with E-state index in [4.69, 9.17) is 10.00 Å². The number of fused-ring (bicyclic) bond motifs is 5. The molecule has 210 valence electrons. The van der Waals surface area contributed by atoms with Crippen molar-refractivity contribution in [1.82, 2.24) is 14.8 Å². The van der Waals surface area contributed by atoms with Crippen LogP contribution in [0.15, 0.2) is 30.7 Å². The fourth-order valence-corrected chi connectivity index (χ4v) is 9.71. The molecular formula is C32H45N5O2. The molecule has 0 bridgehead atoms. The number of nitriles is 1. The van der Waals surface area contributed by atoms with Gasteiger partial charge in [0, 0.05) is 18.8 Å². The Morgan fingerprint density at radius 1 is 1.13 bits per heavy atom. The summed E-state index contributed by atoms with van der Waals surface area (Å²) < 4.78 is 7.36. The molecule has 9 atom stereocenters. The van der Waals surface area contributed by atoms with Gasteiger partial charge in [-0.15, -0.1) is 0 Å². The van der Waals surface area contributed by atoms with E-state index in [2.05, 4.69) is 35.3 Å². The topological polar surface area (TPSA) is 96.0 Å². The number of nitrogens with zero attached hydrogens (tertiary/aromatic N) is 4. The molecule has 4 aliphatic rings. The Kier molecular flexibility index (Phi) is 7.22. The zero-order valence-corrected chi connectivity index (χ0v) is 23.9. The fourth-order valence-electron chi connectivity index (χ4n) is 9.71. The zero-order valence-electron chi connectivity index (χ0n) is 23.9. The van der Waals surface area contributed by atoms with Crippen molar-refractivity contribution in [2.75, 3.05) is 18.5 Å². The van der Waals surface area contributed by atoms with Crippen LogP contribution in [0.1, 0.15) is 84.1 Å². The van der Waals surface area contributed by atoms with Gasteiger partial charge in [-0.1, -0.05) is 6.92 Å². The maximum absolute atomic E-state index is 11.2. The summed E-state index contributed by atoms with van der Waals surface area (Å²) in [6, 6.07) is 6.53. The van der Waals surface area contributed by atoms with Crippen LogP contribution in [0.25, 0.3) is 5.69 Å². The van der Waals surface area contributed by atoms with Crippen molar-refractivity contribution in [1.29, 1.82) is 5.26 Å². The summed E-state index contributed by atoms with van der Waals surface area (Å²) in [4.78, 5) is 4.69. The summed E-state index contributed by atoms with van der Waals surface area (Å²) >= 11 is 0. The summed E-state index contributed by atoms with van der Waals surface area (Å²) in [5.74, 6) is 5.54. The third-order valence-electron chi connectivity index (χ3n) is 11.5. The molecule has 4 aliphatic carbocycles. The van der Waals surface area contributed by atoms with E-state index in [0.717, 1.165) is 48.0 Å². The minimum atomic E-state index is -0.600. The Morgan fingerprint density at radius 2 is 1.97 bits per heavy atom. The number of rotatable bonds is 7. The van der Waals surface area contributed by atoms with Gasteiger partial charge in [-0.2, -0.15) is 10.4 Å². The highest BCUT2D eigenvalue weighted by atomic mass is 16.5. The summed E-state index contributed by atoms with van der Waals surface area (Å²) in [5.41, 5.74) is 1.19. The average molecular weight is 532 g/mol. The molecule has 0 aromatic carbocycles. The van der Waals surface area contributed by atoms with Gasteiger partial charge >= 0.3 is 0 Å². The van der Waals surface area contributed by atoms with E-state index in [1.807, 2.05) is 25.3 Å². The number of aliphatic hydroxyl groups is 1. The lowest BCUT2D eigenvalue weighted by atomic mass is 9.48. The van der Waals surface area contributed by atoms with Crippen LogP contribution in [0.5, 0.6) is 0 Å². The van der Waals surface area contributed by atoms with E-state index in [1.54, 1.807) is 17.1 Å². The van der Waals surface area contributed by atoms with Crippen LogP contribution < -0.4 is 5.32 Å². The number of nitrogens with one attached hydrogen (secondary N) is 1. The molecule has 4 fully saturated rings. The largest absolute Gasteiger partial charge is 0.387 e. The second-order valence-corrected chi connectivity index (χ2v) is 13.4. The molecule has 0 aliphatic heterocycles. The molecule has 7 heteroatoms. The molecular weight excluding hydrogens is 486 g/mol. The van der Waals surface area contributed by atoms with Gasteiger partial charge in [0.05, 0.1) is 35.9 Å². The first-order valence-corrected chi connectivity index (χ1v) is 15.3. The number of anilines is 1. The van der Waals surface area contributed by atoms with Crippen LogP contribution in [0.2, 0.25) is 0 Å². The number of pyridine rings is 1. The quantitative estimate of drug-likeness (QED) is 0.457. The van der Waals surface area contributed by atoms with Gasteiger partial charge in [-0.25, -0.2) is 9.67 Å². The van der Waals surface area contributed by atoms with Crippen LogP contribution in [-0.2, 0) is 4.74 Å². The maximum atomic E-state index is 11.2. The van der Waals surface area contributed by atoms with E-state index in [9.17, 15) is 5.11 Å². The predicted molar refractivity (Wildman–Crippen MR) is 151 cm³/mol. The molecule has 2 heterocycles. The Balaban J connectivity index is 1.10. The van der Waals surface area contributed by atoms with Crippen LogP contribution >= 0.6 is 0 Å². The minimum Gasteiger partial charge on any atom is -0.387 e. The number of aromatic nitrogens is 3. The lowest BCUT2D eigenvalue weighted by Crippen LogP contribution is -2.52. The van der Waals surface area contributed by atoms with Crippen LogP contribution in [0.3, 0.4) is 0 Å². The Hall–Kier alpha value is -2.43. The van der Waals surface area contributed by atoms with E-state index >= 15 is 0 Å². The Morgan fingerprint density at radius 3 is 2.72 bits per heavy atom. The van der Waals surface area contributed by atoms with Gasteiger partial charge in [0.2, 0.25) is 0 Å². The van der Waals surface area contributed by atoms with Crippen LogP contribution in [0, 0.1) is 52.3 Å². The van der Waals surface area contributed by atoms with E-state index < -0.39 is 5.60 Å². The standard InChI is InChI=1S/C32H45N5O2/c1-4-39-20-32(38)14-12-25-23(15-32)5-7-27-26(25)11-13-31(3)28(8-9-29(27)31)21(2)36-30-10-6-24(18-34-30)37-19-22(16-33)17-35-37/h6,10,17-19,21,23,25-29,38H,4-5,7-9,11-15,20H2,1-3H3,(H,34,36)/t21-,23-,25+,26-,27-,28-,29?,31-,32-/m1/s1. The van der Waals surface area contributed by atoms with Gasteiger partial charge in [0.1, 0.15) is 11.9 Å². The second-order valence-electron chi connectivity index (χ2n) is 13.4. The lowest BCUT2D eigenvalue weighted by molar-refractivity contribution is -0.128. The van der Waals surface area contributed by atoms with Crippen molar-refractivity contribution >= 4 is 5.82 Å². The van der Waals surface area contributed by atoms with Crippen molar-refractivity contribution in [2.45, 2.75) is 90.2 Å². The number of hydrogen-bond acceptors (Lipinski definition) is 6. The molecule has 2 aromatic rings.